The van der Waals surface area contributed by atoms with Gasteiger partial charge in [-0.3, -0.25) is 9.59 Å². The molecule has 3 aromatic carbocycles. The number of alkyl halides is 6. The van der Waals surface area contributed by atoms with E-state index in [9.17, 15) is 41.4 Å². The summed E-state index contributed by atoms with van der Waals surface area (Å²) >= 11 is 6.40. The number of Topliss-reactive ketones (excluding diaryl/α,β-unsaturated/α-hetero) is 1. The van der Waals surface area contributed by atoms with Gasteiger partial charge in [0.15, 0.2) is 17.3 Å². The predicted molar refractivity (Wildman–Crippen MR) is 239 cm³/mol. The Bertz CT molecular complexity index is 2700. The molecule has 1 aromatic heterocycles. The normalized spacial score (nSPS) is 30.5. The van der Waals surface area contributed by atoms with Crippen molar-refractivity contribution in [3.63, 3.8) is 0 Å². The van der Waals surface area contributed by atoms with Crippen molar-refractivity contribution in [2.75, 3.05) is 20.8 Å². The lowest BCUT2D eigenvalue weighted by molar-refractivity contribution is -0.274. The molecule has 8 unspecified atom stereocenters. The molecule has 2 spiro atoms. The Morgan fingerprint density at radius 3 is 2.19 bits per heavy atom. The van der Waals surface area contributed by atoms with Gasteiger partial charge in [0.25, 0.3) is 0 Å². The van der Waals surface area contributed by atoms with E-state index in [1.54, 1.807) is 18.2 Å². The molecule has 3 fully saturated rings. The number of ketones is 1. The molecule has 0 aliphatic heterocycles. The van der Waals surface area contributed by atoms with Crippen LogP contribution in [0, 0.1) is 33.5 Å². The van der Waals surface area contributed by atoms with E-state index < -0.39 is 63.0 Å². The first-order valence-electron chi connectivity index (χ1n) is 22.7. The number of rotatable bonds is 12. The van der Waals surface area contributed by atoms with Crippen LogP contribution >= 0.6 is 11.6 Å². The second-order valence-electron chi connectivity index (χ2n) is 19.8. The van der Waals surface area contributed by atoms with E-state index in [0.29, 0.717) is 66.7 Å². The number of benzene rings is 3. The van der Waals surface area contributed by atoms with Crippen LogP contribution in [-0.2, 0) is 23.9 Å². The number of hydrogen-bond acceptors (Lipinski definition) is 8. The number of methoxy groups -OCH3 is 2. The van der Waals surface area contributed by atoms with E-state index in [1.807, 2.05) is 13.0 Å². The van der Waals surface area contributed by atoms with Gasteiger partial charge in [0.05, 0.1) is 49.5 Å². The number of aliphatic hydroxyl groups excluding tert-OH is 1. The van der Waals surface area contributed by atoms with Gasteiger partial charge in [-0.1, -0.05) is 61.9 Å². The topological polar surface area (TPSA) is 119 Å². The quantitative estimate of drug-likeness (QED) is 0.0819. The maximum absolute atomic E-state index is 15.3. The number of amides is 1. The third-order valence-electron chi connectivity index (χ3n) is 16.5. The minimum absolute atomic E-state index is 0.00625. The van der Waals surface area contributed by atoms with E-state index >= 15 is 4.79 Å². The van der Waals surface area contributed by atoms with E-state index in [1.165, 1.54) is 55.5 Å². The number of furan rings is 1. The number of aliphatic hydroxyl groups is 2. The van der Waals surface area contributed by atoms with Crippen LogP contribution in [0.5, 0.6) is 17.2 Å². The molecule has 362 valence electrons. The minimum Gasteiger partial charge on any atom is -0.493 e. The molecule has 6 aliphatic rings. The number of fused-ring (bicyclic) bond motifs is 1. The summed E-state index contributed by atoms with van der Waals surface area (Å²) in [6.07, 6.45) is -0.594. The van der Waals surface area contributed by atoms with Crippen molar-refractivity contribution < 1.29 is 64.8 Å². The molecule has 2 bridgehead atoms. The molecule has 3 saturated carbocycles. The Kier molecular flexibility index (Phi) is 11.8. The Hall–Kier alpha value is -5.25. The lowest BCUT2D eigenvalue weighted by Gasteiger charge is -2.71. The van der Waals surface area contributed by atoms with Gasteiger partial charge in [0.2, 0.25) is 11.7 Å². The first-order valence-corrected chi connectivity index (χ1v) is 23.1. The number of ether oxygens (including phenoxy) is 3. The number of carbonyl (C=O) groups excluding carboxylic acids is 2. The molecule has 16 heteroatoms. The summed E-state index contributed by atoms with van der Waals surface area (Å²) in [5.74, 6) is -0.966. The number of nitrogens with zero attached hydrogens (tertiary/aromatic N) is 1. The van der Waals surface area contributed by atoms with E-state index in [2.05, 4.69) is 23.8 Å². The van der Waals surface area contributed by atoms with Crippen LogP contribution < -0.4 is 14.2 Å². The second-order valence-corrected chi connectivity index (χ2v) is 20.2. The number of hydrogen-bond donors (Lipinski definition) is 2. The average Bonchev–Trinajstić information content (AvgIpc) is 3.88. The molecular formula is C52H52ClF6NO8. The standard InChI is InChI=1S/C52H52ClF6NO8/c1-46-18-15-33(61)26-48(46)21-22-50(36(27-48)45(63)40-14-13-38(67-40)35-25-32(51(54,55)56)8-11-37(35)53)42(46)16-19-47(2)43(50)17-20-49(47,64)29-60(28-30-5-9-34(10-6-30)68-52(57,58)59)44(62)24-31-7-12-39(65-3)41(23-31)66-4/h5-14,21-23,25,27,33,42-43,61,64H,15-20,24,26,28-29H2,1-4H3. The Morgan fingerprint density at radius 2 is 1.50 bits per heavy atom. The van der Waals surface area contributed by atoms with Crippen molar-refractivity contribution in [3.05, 3.63) is 124 Å². The largest absolute Gasteiger partial charge is 0.573 e. The zero-order valence-electron chi connectivity index (χ0n) is 37.9. The summed E-state index contributed by atoms with van der Waals surface area (Å²) in [4.78, 5) is 31.4. The molecule has 0 saturated heterocycles. The molecule has 9 nitrogen and oxygen atoms in total. The van der Waals surface area contributed by atoms with Crippen molar-refractivity contribution in [1.29, 1.82) is 0 Å². The molecular weight excluding hydrogens is 916 g/mol. The van der Waals surface area contributed by atoms with Crippen molar-refractivity contribution in [2.24, 2.45) is 33.5 Å². The maximum Gasteiger partial charge on any atom is 0.573 e. The summed E-state index contributed by atoms with van der Waals surface area (Å²) in [5, 5.41) is 24.5. The van der Waals surface area contributed by atoms with Gasteiger partial charge < -0.3 is 33.7 Å². The van der Waals surface area contributed by atoms with Crippen LogP contribution in [0.15, 0.2) is 101 Å². The van der Waals surface area contributed by atoms with Crippen molar-refractivity contribution >= 4 is 23.3 Å². The first kappa shape index (κ1) is 47.8. The summed E-state index contributed by atoms with van der Waals surface area (Å²) in [7, 11) is 2.97. The summed E-state index contributed by atoms with van der Waals surface area (Å²) in [6.45, 7) is 4.04. The van der Waals surface area contributed by atoms with Gasteiger partial charge >= 0.3 is 12.5 Å². The van der Waals surface area contributed by atoms with Gasteiger partial charge in [-0.25, -0.2) is 0 Å². The van der Waals surface area contributed by atoms with Crippen LogP contribution in [0.2, 0.25) is 5.02 Å². The summed E-state index contributed by atoms with van der Waals surface area (Å²) in [6, 6.07) is 16.1. The summed E-state index contributed by atoms with van der Waals surface area (Å²) < 4.78 is 102. The highest BCUT2D eigenvalue weighted by Gasteiger charge is 2.74. The fraction of sp³-hybridized carbons (Fsp3) is 0.462. The van der Waals surface area contributed by atoms with Crippen molar-refractivity contribution in [2.45, 2.75) is 96.0 Å². The molecule has 2 N–H and O–H groups in total. The highest BCUT2D eigenvalue weighted by Crippen LogP contribution is 2.78. The molecule has 0 radical (unpaired) electrons. The van der Waals surface area contributed by atoms with Gasteiger partial charge in [-0.2, -0.15) is 13.2 Å². The fourth-order valence-corrected chi connectivity index (χ4v) is 13.3. The Morgan fingerprint density at radius 1 is 0.824 bits per heavy atom. The molecule has 1 heterocycles. The molecule has 4 aromatic rings. The van der Waals surface area contributed by atoms with Crippen molar-refractivity contribution in [1.82, 2.24) is 4.90 Å². The lowest BCUT2D eigenvalue weighted by atomic mass is 9.32. The first-order chi connectivity index (χ1) is 32.0. The van der Waals surface area contributed by atoms with Crippen LogP contribution in [0.1, 0.15) is 86.0 Å². The number of halogens is 7. The molecule has 1 amide bonds. The van der Waals surface area contributed by atoms with Gasteiger partial charge in [0.1, 0.15) is 11.5 Å². The van der Waals surface area contributed by atoms with E-state index in [0.717, 1.165) is 18.2 Å². The summed E-state index contributed by atoms with van der Waals surface area (Å²) in [5.41, 5.74) is -3.92. The second kappa shape index (κ2) is 16.7. The fourth-order valence-electron chi connectivity index (χ4n) is 13.1. The van der Waals surface area contributed by atoms with E-state index in [4.69, 9.17) is 25.5 Å². The zero-order chi connectivity index (χ0) is 48.8. The van der Waals surface area contributed by atoms with Gasteiger partial charge in [-0.05, 0) is 128 Å². The van der Waals surface area contributed by atoms with Crippen LogP contribution in [-0.4, -0.2) is 65.6 Å². The monoisotopic (exact) mass is 967 g/mol. The number of allylic oxidation sites excluding steroid dienone is 4. The highest BCUT2D eigenvalue weighted by atomic mass is 35.5. The zero-order valence-corrected chi connectivity index (χ0v) is 38.7. The van der Waals surface area contributed by atoms with Gasteiger partial charge in [0, 0.05) is 33.9 Å². The SMILES string of the molecule is COc1ccc(CC(=O)N(Cc2ccc(OC(F)(F)F)cc2)CC2(O)CCC3C45C=CC6(C=C4C(=O)c4ccc(-c7cc(C(F)(F)F)ccc7Cl)o4)CC(O)CCC6(C)C5CCC32C)cc1OC. The third kappa shape index (κ3) is 7.80. The van der Waals surface area contributed by atoms with Crippen molar-refractivity contribution in [3.8, 4) is 28.6 Å². The van der Waals surface area contributed by atoms with Crippen LogP contribution in [0.3, 0.4) is 0 Å². The highest BCUT2D eigenvalue weighted by molar-refractivity contribution is 6.33. The van der Waals surface area contributed by atoms with Crippen LogP contribution in [0.4, 0.5) is 26.3 Å². The average molecular weight is 968 g/mol. The molecule has 68 heavy (non-hydrogen) atoms. The lowest BCUT2D eigenvalue weighted by Crippen LogP contribution is -2.67. The Labute approximate surface area is 394 Å². The van der Waals surface area contributed by atoms with Crippen LogP contribution in [0.25, 0.3) is 11.3 Å². The van der Waals surface area contributed by atoms with E-state index in [-0.39, 0.29) is 65.8 Å². The molecule has 10 rings (SSSR count). The molecule has 6 aliphatic carbocycles. The number of carbonyl (C=O) groups is 2. The van der Waals surface area contributed by atoms with Gasteiger partial charge in [-0.15, -0.1) is 13.2 Å². The molecule has 8 atom stereocenters. The minimum atomic E-state index is -4.90. The smallest absolute Gasteiger partial charge is 0.493 e. The third-order valence-corrected chi connectivity index (χ3v) is 16.8. The Balaban J connectivity index is 1.09. The predicted octanol–water partition coefficient (Wildman–Crippen LogP) is 11.6. The maximum atomic E-state index is 15.3.